The first-order chi connectivity index (χ1) is 6.60. The summed E-state index contributed by atoms with van der Waals surface area (Å²) < 4.78 is 5.69. The Balaban J connectivity index is 2.02. The van der Waals surface area contributed by atoms with Crippen molar-refractivity contribution >= 4 is 5.78 Å². The molecule has 2 heteroatoms. The average Bonchev–Trinajstić information content (AvgIpc) is 2.52. The number of rotatable bonds is 2. The lowest BCUT2D eigenvalue weighted by atomic mass is 9.71. The molecular formula is C12H18O2. The lowest BCUT2D eigenvalue weighted by Crippen LogP contribution is -2.39. The number of hydrogen-bond donors (Lipinski definition) is 0. The zero-order chi connectivity index (χ0) is 9.97. The number of Topliss-reactive ketones (excluding diaryl/α,β-unsaturated/α-hetero) is 1. The molecular weight excluding hydrogens is 176 g/mol. The van der Waals surface area contributed by atoms with Crippen LogP contribution in [0.1, 0.15) is 39.0 Å². The molecule has 0 aromatic rings. The van der Waals surface area contributed by atoms with E-state index in [1.165, 1.54) is 12.8 Å². The number of methoxy groups -OCH3 is 1. The van der Waals surface area contributed by atoms with Gasteiger partial charge in [-0.15, -0.1) is 0 Å². The molecule has 0 aromatic heterocycles. The van der Waals surface area contributed by atoms with E-state index in [9.17, 15) is 4.79 Å². The highest BCUT2D eigenvalue weighted by molar-refractivity contribution is 5.84. The van der Waals surface area contributed by atoms with Gasteiger partial charge in [0.1, 0.15) is 5.78 Å². The molecule has 14 heavy (non-hydrogen) atoms. The topological polar surface area (TPSA) is 26.3 Å². The van der Waals surface area contributed by atoms with Gasteiger partial charge in [-0.3, -0.25) is 4.79 Å². The molecule has 0 radical (unpaired) electrons. The number of carbonyl (C=O) groups excluding carboxylic acids is 1. The van der Waals surface area contributed by atoms with Gasteiger partial charge in [0.25, 0.3) is 0 Å². The maximum Gasteiger partial charge on any atom is 0.136 e. The van der Waals surface area contributed by atoms with Crippen LogP contribution in [0.4, 0.5) is 0 Å². The predicted octanol–water partition coefficient (Wildman–Crippen LogP) is 2.17. The first-order valence-corrected chi connectivity index (χ1v) is 5.66. The molecule has 4 rings (SSSR count). The van der Waals surface area contributed by atoms with E-state index >= 15 is 0 Å². The van der Waals surface area contributed by atoms with E-state index in [4.69, 9.17) is 4.74 Å². The van der Waals surface area contributed by atoms with Crippen molar-refractivity contribution in [3.05, 3.63) is 0 Å². The van der Waals surface area contributed by atoms with Crippen molar-refractivity contribution < 1.29 is 9.53 Å². The third-order valence-corrected chi connectivity index (χ3v) is 5.10. The van der Waals surface area contributed by atoms with Crippen molar-refractivity contribution in [3.63, 3.8) is 0 Å². The van der Waals surface area contributed by atoms with Crippen LogP contribution in [0.15, 0.2) is 0 Å². The largest absolute Gasteiger partial charge is 0.378 e. The lowest BCUT2D eigenvalue weighted by molar-refractivity contribution is -0.131. The minimum atomic E-state index is 0.0267. The second-order valence-corrected chi connectivity index (χ2v) is 5.69. The Labute approximate surface area is 85.0 Å². The normalized spacial score (nSPS) is 54.1. The van der Waals surface area contributed by atoms with Crippen molar-refractivity contribution in [1.29, 1.82) is 0 Å². The molecule has 4 unspecified atom stereocenters. The maximum absolute atomic E-state index is 11.8. The Bertz CT molecular complexity index is 299. The highest BCUT2D eigenvalue weighted by atomic mass is 16.5. The van der Waals surface area contributed by atoms with Gasteiger partial charge in [0, 0.05) is 12.5 Å². The smallest absolute Gasteiger partial charge is 0.136 e. The first kappa shape index (κ1) is 8.90. The van der Waals surface area contributed by atoms with E-state index in [0.29, 0.717) is 11.7 Å². The third kappa shape index (κ3) is 0.837. The predicted molar refractivity (Wildman–Crippen MR) is 52.9 cm³/mol. The molecule has 0 heterocycles. The van der Waals surface area contributed by atoms with Crippen LogP contribution in [0.3, 0.4) is 0 Å². The van der Waals surface area contributed by atoms with E-state index in [1.54, 1.807) is 6.92 Å². The quantitative estimate of drug-likeness (QED) is 0.673. The fourth-order valence-electron chi connectivity index (χ4n) is 4.62. The van der Waals surface area contributed by atoms with Crippen molar-refractivity contribution in [2.75, 3.05) is 7.11 Å². The minimum absolute atomic E-state index is 0.0267. The highest BCUT2D eigenvalue weighted by Gasteiger charge is 2.66. The van der Waals surface area contributed by atoms with Crippen molar-refractivity contribution in [2.24, 2.45) is 17.3 Å². The van der Waals surface area contributed by atoms with Crippen LogP contribution < -0.4 is 0 Å². The van der Waals surface area contributed by atoms with Crippen molar-refractivity contribution in [2.45, 2.75) is 44.6 Å². The van der Waals surface area contributed by atoms with Gasteiger partial charge in [-0.05, 0) is 50.9 Å². The van der Waals surface area contributed by atoms with Gasteiger partial charge >= 0.3 is 0 Å². The van der Waals surface area contributed by atoms with Crippen LogP contribution in [-0.2, 0) is 9.53 Å². The van der Waals surface area contributed by atoms with Gasteiger partial charge in [0.2, 0.25) is 0 Å². The van der Waals surface area contributed by atoms with E-state index < -0.39 is 0 Å². The molecule has 0 spiro atoms. The summed E-state index contributed by atoms with van der Waals surface area (Å²) in [5, 5.41) is 0. The van der Waals surface area contributed by atoms with Crippen LogP contribution >= 0.6 is 0 Å². The standard InChI is InChI=1S/C12H18O2/c1-8(13)12-5-9-3-10(12)6-11(4-9,7-12)14-2/h9-10H,3-7H2,1-2H3. The Morgan fingerprint density at radius 3 is 2.71 bits per heavy atom. The zero-order valence-electron chi connectivity index (χ0n) is 9.01. The SMILES string of the molecule is COC12CC3CC(C1)C(C(C)=O)(C3)C2. The monoisotopic (exact) mass is 194 g/mol. The molecule has 0 aromatic carbocycles. The van der Waals surface area contributed by atoms with Gasteiger partial charge in [-0.2, -0.15) is 0 Å². The highest BCUT2D eigenvalue weighted by Crippen LogP contribution is 2.68. The van der Waals surface area contributed by atoms with E-state index in [-0.39, 0.29) is 11.0 Å². The maximum atomic E-state index is 11.8. The first-order valence-electron chi connectivity index (χ1n) is 5.66. The molecule has 4 aliphatic rings. The molecule has 0 amide bonds. The van der Waals surface area contributed by atoms with Crippen molar-refractivity contribution in [1.82, 2.24) is 0 Å². The Hall–Kier alpha value is -0.370. The molecule has 4 bridgehead atoms. The summed E-state index contributed by atoms with van der Waals surface area (Å²) in [4.78, 5) is 11.8. The second-order valence-electron chi connectivity index (χ2n) is 5.69. The van der Waals surface area contributed by atoms with Crippen LogP contribution in [0, 0.1) is 17.3 Å². The van der Waals surface area contributed by atoms with E-state index in [0.717, 1.165) is 25.2 Å². The van der Waals surface area contributed by atoms with Gasteiger partial charge in [0.05, 0.1) is 5.60 Å². The van der Waals surface area contributed by atoms with Gasteiger partial charge in [-0.25, -0.2) is 0 Å². The van der Waals surface area contributed by atoms with Gasteiger partial charge in [0.15, 0.2) is 0 Å². The Kier molecular flexibility index (Phi) is 1.53. The molecule has 4 saturated carbocycles. The van der Waals surface area contributed by atoms with Gasteiger partial charge in [-0.1, -0.05) is 0 Å². The van der Waals surface area contributed by atoms with Crippen LogP contribution in [-0.4, -0.2) is 18.5 Å². The van der Waals surface area contributed by atoms with Crippen LogP contribution in [0.5, 0.6) is 0 Å². The molecule has 0 saturated heterocycles. The Morgan fingerprint density at radius 2 is 2.14 bits per heavy atom. The number of ketones is 1. The van der Waals surface area contributed by atoms with Crippen LogP contribution in [0.25, 0.3) is 0 Å². The molecule has 4 atom stereocenters. The minimum Gasteiger partial charge on any atom is -0.378 e. The fraction of sp³-hybridized carbons (Fsp3) is 0.917. The average molecular weight is 194 g/mol. The Morgan fingerprint density at radius 1 is 1.36 bits per heavy atom. The van der Waals surface area contributed by atoms with Crippen LogP contribution in [0.2, 0.25) is 0 Å². The molecule has 0 N–H and O–H groups in total. The summed E-state index contributed by atoms with van der Waals surface area (Å²) in [6.07, 6.45) is 5.78. The summed E-state index contributed by atoms with van der Waals surface area (Å²) in [5.41, 5.74) is 0.108. The molecule has 0 aliphatic heterocycles. The summed E-state index contributed by atoms with van der Waals surface area (Å²) in [7, 11) is 1.82. The summed E-state index contributed by atoms with van der Waals surface area (Å²) in [5.74, 6) is 1.83. The summed E-state index contributed by atoms with van der Waals surface area (Å²) in [6.45, 7) is 1.78. The second kappa shape index (κ2) is 2.41. The zero-order valence-corrected chi connectivity index (χ0v) is 9.01. The van der Waals surface area contributed by atoms with E-state index in [1.807, 2.05) is 7.11 Å². The fourth-order valence-corrected chi connectivity index (χ4v) is 4.62. The summed E-state index contributed by atoms with van der Waals surface area (Å²) >= 11 is 0. The molecule has 2 nitrogen and oxygen atoms in total. The summed E-state index contributed by atoms with van der Waals surface area (Å²) in [6, 6.07) is 0. The van der Waals surface area contributed by atoms with Gasteiger partial charge < -0.3 is 4.74 Å². The van der Waals surface area contributed by atoms with Crippen molar-refractivity contribution in [3.8, 4) is 0 Å². The number of ether oxygens (including phenoxy) is 1. The molecule has 4 fully saturated rings. The molecule has 4 aliphatic carbocycles. The van der Waals surface area contributed by atoms with E-state index in [2.05, 4.69) is 0 Å². The molecule has 78 valence electrons. The third-order valence-electron chi connectivity index (χ3n) is 5.10. The number of carbonyl (C=O) groups is 1. The number of hydrogen-bond acceptors (Lipinski definition) is 2. The lowest BCUT2D eigenvalue weighted by Gasteiger charge is -2.39.